The Bertz CT molecular complexity index is 1420. The fourth-order valence-corrected chi connectivity index (χ4v) is 5.28. The first kappa shape index (κ1) is 23.6. The summed E-state index contributed by atoms with van der Waals surface area (Å²) in [5.41, 5.74) is 1.23. The average molecular weight is 507 g/mol. The second kappa shape index (κ2) is 9.12. The van der Waals surface area contributed by atoms with E-state index in [-0.39, 0.29) is 22.2 Å². The van der Waals surface area contributed by atoms with Crippen LogP contribution in [-0.4, -0.2) is 47.9 Å². The zero-order valence-corrected chi connectivity index (χ0v) is 20.5. The van der Waals surface area contributed by atoms with Gasteiger partial charge in [-0.25, -0.2) is 4.98 Å². The molecule has 1 atom stereocenters. The van der Waals surface area contributed by atoms with E-state index in [1.54, 1.807) is 49.4 Å². The summed E-state index contributed by atoms with van der Waals surface area (Å²) in [6.45, 7) is 3.86. The van der Waals surface area contributed by atoms with Gasteiger partial charge in [0.05, 0.1) is 29.3 Å². The fraction of sp³-hybridized carbons (Fsp3) is 0.231. The first-order valence-electron chi connectivity index (χ1n) is 11.1. The van der Waals surface area contributed by atoms with Gasteiger partial charge >= 0.3 is 5.91 Å². The van der Waals surface area contributed by atoms with Gasteiger partial charge in [-0.15, -0.1) is 0 Å². The molecule has 2 aromatic carbocycles. The third kappa shape index (κ3) is 3.89. The molecule has 0 spiro atoms. The summed E-state index contributed by atoms with van der Waals surface area (Å²) in [5, 5.41) is 11.5. The largest absolute Gasteiger partial charge is 0.507 e. The number of hydrogen-bond acceptors (Lipinski definition) is 9. The second-order valence-electron chi connectivity index (χ2n) is 8.27. The highest BCUT2D eigenvalue weighted by Gasteiger charge is 2.48. The Morgan fingerprint density at radius 3 is 2.44 bits per heavy atom. The van der Waals surface area contributed by atoms with Gasteiger partial charge in [0.25, 0.3) is 5.78 Å². The maximum Gasteiger partial charge on any atom is 0.301 e. The smallest absolute Gasteiger partial charge is 0.301 e. The molecule has 1 N–H and O–H groups in total. The zero-order chi connectivity index (χ0) is 25.6. The number of carbonyl (C=O) groups is 3. The summed E-state index contributed by atoms with van der Waals surface area (Å²) < 4.78 is 16.4. The minimum atomic E-state index is -0.977. The first-order chi connectivity index (χ1) is 17.3. The topological polar surface area (TPSA) is 115 Å². The summed E-state index contributed by atoms with van der Waals surface area (Å²) in [6, 6.07) is 10.7. The molecule has 9 nitrogen and oxygen atoms in total. The van der Waals surface area contributed by atoms with Crippen molar-refractivity contribution in [1.29, 1.82) is 0 Å². The fourth-order valence-electron chi connectivity index (χ4n) is 4.29. The predicted octanol–water partition coefficient (Wildman–Crippen LogP) is 4.06. The van der Waals surface area contributed by atoms with Crippen LogP contribution in [0.2, 0.25) is 0 Å². The maximum atomic E-state index is 13.3. The van der Waals surface area contributed by atoms with E-state index in [1.165, 1.54) is 18.9 Å². The number of aryl methyl sites for hydroxylation is 1. The van der Waals surface area contributed by atoms with Crippen LogP contribution in [0.3, 0.4) is 0 Å². The van der Waals surface area contributed by atoms with E-state index in [0.717, 1.165) is 11.3 Å². The van der Waals surface area contributed by atoms with Crippen LogP contribution in [0.1, 0.15) is 39.5 Å². The maximum absolute atomic E-state index is 13.3. The van der Waals surface area contributed by atoms with Gasteiger partial charge in [-0.2, -0.15) is 0 Å². The molecule has 1 saturated heterocycles. The SMILES string of the molecule is COc1ccc([C@H]2C(=C(O)c3ccc4c(c3)OCCO4)C(=O)C(=O)N2c2nc(C)c(C(C)=O)s2)cc1. The summed E-state index contributed by atoms with van der Waals surface area (Å²) in [4.78, 5) is 44.8. The van der Waals surface area contributed by atoms with Crippen molar-refractivity contribution in [2.45, 2.75) is 19.9 Å². The third-order valence-corrected chi connectivity index (χ3v) is 7.26. The number of hydrogen-bond donors (Lipinski definition) is 1. The van der Waals surface area contributed by atoms with Crippen LogP contribution in [0.15, 0.2) is 48.0 Å². The number of Topliss-reactive ketones (excluding diaryl/α,β-unsaturated/α-hetero) is 2. The number of thiazole rings is 1. The van der Waals surface area contributed by atoms with E-state index in [1.807, 2.05) is 0 Å². The van der Waals surface area contributed by atoms with E-state index < -0.39 is 17.7 Å². The lowest BCUT2D eigenvalue weighted by molar-refractivity contribution is -0.132. The highest BCUT2D eigenvalue weighted by molar-refractivity contribution is 7.18. The molecule has 184 valence electrons. The van der Waals surface area contributed by atoms with Crippen LogP contribution in [0.25, 0.3) is 5.76 Å². The molecule has 0 unspecified atom stereocenters. The van der Waals surface area contributed by atoms with Gasteiger partial charge in [-0.3, -0.25) is 19.3 Å². The van der Waals surface area contributed by atoms with Gasteiger partial charge < -0.3 is 19.3 Å². The molecule has 3 aromatic rings. The predicted molar refractivity (Wildman–Crippen MR) is 132 cm³/mol. The molecule has 2 aliphatic rings. The molecule has 3 heterocycles. The Morgan fingerprint density at radius 2 is 1.81 bits per heavy atom. The molecule has 0 bridgehead atoms. The van der Waals surface area contributed by atoms with Gasteiger partial charge in [-0.05, 0) is 42.8 Å². The number of nitrogens with zero attached hydrogens (tertiary/aromatic N) is 2. The van der Waals surface area contributed by atoms with Crippen LogP contribution in [-0.2, 0) is 9.59 Å². The van der Waals surface area contributed by atoms with Crippen molar-refractivity contribution in [3.8, 4) is 17.2 Å². The average Bonchev–Trinajstić information content (AvgIpc) is 3.40. The van der Waals surface area contributed by atoms with Gasteiger partial charge in [0.2, 0.25) is 0 Å². The van der Waals surface area contributed by atoms with Crippen molar-refractivity contribution in [2.75, 3.05) is 25.2 Å². The zero-order valence-electron chi connectivity index (χ0n) is 19.7. The Labute approximate surface area is 210 Å². The molecule has 1 amide bonds. The van der Waals surface area contributed by atoms with E-state index in [4.69, 9.17) is 14.2 Å². The van der Waals surface area contributed by atoms with Crippen LogP contribution in [0, 0.1) is 6.92 Å². The molecule has 1 aromatic heterocycles. The first-order valence-corrected chi connectivity index (χ1v) is 11.9. The lowest BCUT2D eigenvalue weighted by Crippen LogP contribution is -2.29. The Hall–Kier alpha value is -4.18. The standard InChI is InChI=1S/C26H22N2O7S/c1-13-24(14(2)29)36-26(27-13)28-21(15-4-7-17(33-3)8-5-15)20(23(31)25(28)32)22(30)16-6-9-18-19(12-16)35-11-10-34-18/h4-9,12,21,30H,10-11H2,1-3H3/t21-/m0/s1. The normalized spacial score (nSPS) is 18.4. The Balaban J connectivity index is 1.69. The third-order valence-electron chi connectivity index (χ3n) is 6.00. The molecular weight excluding hydrogens is 484 g/mol. The highest BCUT2D eigenvalue weighted by Crippen LogP contribution is 2.45. The summed E-state index contributed by atoms with van der Waals surface area (Å²) in [5.74, 6) is -0.702. The van der Waals surface area contributed by atoms with Crippen molar-refractivity contribution in [2.24, 2.45) is 0 Å². The van der Waals surface area contributed by atoms with Crippen LogP contribution in [0.5, 0.6) is 17.2 Å². The molecule has 0 aliphatic carbocycles. The number of amides is 1. The van der Waals surface area contributed by atoms with Crippen molar-refractivity contribution in [3.63, 3.8) is 0 Å². The highest BCUT2D eigenvalue weighted by atomic mass is 32.1. The van der Waals surface area contributed by atoms with E-state index in [2.05, 4.69) is 4.98 Å². The number of fused-ring (bicyclic) bond motifs is 1. The molecule has 0 radical (unpaired) electrons. The summed E-state index contributed by atoms with van der Waals surface area (Å²) in [7, 11) is 1.53. The Morgan fingerprint density at radius 1 is 1.11 bits per heavy atom. The molecule has 2 aliphatic heterocycles. The minimum absolute atomic E-state index is 0.0981. The second-order valence-corrected chi connectivity index (χ2v) is 9.25. The molecule has 10 heteroatoms. The van der Waals surface area contributed by atoms with Crippen LogP contribution in [0.4, 0.5) is 5.13 Å². The lowest BCUT2D eigenvalue weighted by Gasteiger charge is -2.23. The molecule has 0 saturated carbocycles. The number of ether oxygens (including phenoxy) is 3. The number of anilines is 1. The van der Waals surface area contributed by atoms with Crippen molar-refractivity contribution >= 4 is 39.7 Å². The summed E-state index contributed by atoms with van der Waals surface area (Å²) >= 11 is 1.03. The number of benzene rings is 2. The van der Waals surface area contributed by atoms with Crippen molar-refractivity contribution in [1.82, 2.24) is 4.98 Å². The monoisotopic (exact) mass is 506 g/mol. The summed E-state index contributed by atoms with van der Waals surface area (Å²) in [6.07, 6.45) is 0. The number of ketones is 2. The lowest BCUT2D eigenvalue weighted by atomic mass is 9.95. The van der Waals surface area contributed by atoms with Gasteiger partial charge in [0.1, 0.15) is 24.7 Å². The van der Waals surface area contributed by atoms with Crippen molar-refractivity contribution < 1.29 is 33.7 Å². The van der Waals surface area contributed by atoms with Gasteiger partial charge in [0, 0.05) is 12.5 Å². The molecule has 1 fully saturated rings. The number of aliphatic hydroxyl groups excluding tert-OH is 1. The number of carbonyl (C=O) groups excluding carboxylic acids is 3. The molecular formula is C26H22N2O7S. The quantitative estimate of drug-likeness (QED) is 0.238. The van der Waals surface area contributed by atoms with E-state index >= 15 is 0 Å². The van der Waals surface area contributed by atoms with Gasteiger partial charge in [0.15, 0.2) is 22.4 Å². The number of methoxy groups -OCH3 is 1. The van der Waals surface area contributed by atoms with E-state index in [9.17, 15) is 19.5 Å². The Kier molecular flexibility index (Phi) is 5.97. The van der Waals surface area contributed by atoms with Crippen LogP contribution >= 0.6 is 11.3 Å². The number of rotatable bonds is 5. The number of aliphatic hydroxyl groups is 1. The van der Waals surface area contributed by atoms with E-state index in [0.29, 0.717) is 52.2 Å². The molecule has 36 heavy (non-hydrogen) atoms. The van der Waals surface area contributed by atoms with Gasteiger partial charge in [-0.1, -0.05) is 23.5 Å². The minimum Gasteiger partial charge on any atom is -0.507 e. The van der Waals surface area contributed by atoms with Crippen LogP contribution < -0.4 is 19.1 Å². The number of aromatic nitrogens is 1. The van der Waals surface area contributed by atoms with Crippen molar-refractivity contribution in [3.05, 3.63) is 69.7 Å². The molecule has 5 rings (SSSR count).